The largest absolute Gasteiger partial charge is 0.481 e. The van der Waals surface area contributed by atoms with Crippen LogP contribution < -0.4 is 10.6 Å². The van der Waals surface area contributed by atoms with Gasteiger partial charge in [-0.2, -0.15) is 0 Å². The Morgan fingerprint density at radius 1 is 1.00 bits per heavy atom. The number of carboxylic acids is 1. The van der Waals surface area contributed by atoms with Gasteiger partial charge in [-0.15, -0.1) is 0 Å². The van der Waals surface area contributed by atoms with Gasteiger partial charge in [0.25, 0.3) is 0 Å². The van der Waals surface area contributed by atoms with Crippen molar-refractivity contribution in [1.82, 2.24) is 10.6 Å². The minimum Gasteiger partial charge on any atom is -0.481 e. The average Bonchev–Trinajstić information content (AvgIpc) is 3.20. The van der Waals surface area contributed by atoms with Crippen LogP contribution in [0.15, 0.2) is 48.5 Å². The highest BCUT2D eigenvalue weighted by Crippen LogP contribution is 2.44. The molecular formula is C28H34N2O5. The van der Waals surface area contributed by atoms with Crippen LogP contribution in [0.25, 0.3) is 11.1 Å². The van der Waals surface area contributed by atoms with Crippen molar-refractivity contribution in [3.05, 3.63) is 59.7 Å². The standard InChI is InChI=1S/C28H34N2O5/c1-2-10-24(25(31)29-18-28(26(32)33)15-8-3-9-16-28)30-27(34)35-17-23-21-13-6-4-11-19(21)20-12-5-7-14-22(20)23/h4-7,11-14,23-24H,2-3,8-10,15-18H2,1H3,(H,29,31)(H,30,34)(H,32,33)/t24-/m0/s1. The Balaban J connectivity index is 1.36. The zero-order valence-electron chi connectivity index (χ0n) is 20.2. The summed E-state index contributed by atoms with van der Waals surface area (Å²) in [5, 5.41) is 15.3. The molecule has 7 nitrogen and oxygen atoms in total. The second-order valence-electron chi connectivity index (χ2n) is 9.68. The lowest BCUT2D eigenvalue weighted by molar-refractivity contribution is -0.151. The number of hydrogen-bond acceptors (Lipinski definition) is 4. The second kappa shape index (κ2) is 10.9. The van der Waals surface area contributed by atoms with Gasteiger partial charge in [0.1, 0.15) is 12.6 Å². The maximum Gasteiger partial charge on any atom is 0.407 e. The minimum absolute atomic E-state index is 0.0617. The number of carbonyl (C=O) groups is 3. The summed E-state index contributed by atoms with van der Waals surface area (Å²) in [7, 11) is 0. The van der Waals surface area contributed by atoms with Gasteiger partial charge in [-0.05, 0) is 41.5 Å². The molecule has 2 aromatic rings. The summed E-state index contributed by atoms with van der Waals surface area (Å²) in [6.07, 6.45) is 4.30. The van der Waals surface area contributed by atoms with Crippen molar-refractivity contribution >= 4 is 18.0 Å². The first kappa shape index (κ1) is 24.8. The highest BCUT2D eigenvalue weighted by atomic mass is 16.5. The first-order chi connectivity index (χ1) is 16.9. The lowest BCUT2D eigenvalue weighted by Crippen LogP contribution is -2.51. The number of nitrogens with one attached hydrogen (secondary N) is 2. The Hall–Kier alpha value is -3.35. The fraction of sp³-hybridized carbons (Fsp3) is 0.464. The molecule has 2 aromatic carbocycles. The Labute approximate surface area is 206 Å². The smallest absolute Gasteiger partial charge is 0.407 e. The lowest BCUT2D eigenvalue weighted by Gasteiger charge is -2.33. The Bertz CT molecular complexity index is 1030. The van der Waals surface area contributed by atoms with Crippen molar-refractivity contribution in [2.24, 2.45) is 5.41 Å². The van der Waals surface area contributed by atoms with Crippen LogP contribution in [-0.2, 0) is 14.3 Å². The summed E-state index contributed by atoms with van der Waals surface area (Å²) in [5.41, 5.74) is 3.62. The number of carbonyl (C=O) groups excluding carboxylic acids is 2. The second-order valence-corrected chi connectivity index (χ2v) is 9.68. The molecule has 0 heterocycles. The number of benzene rings is 2. The minimum atomic E-state index is -0.922. The molecular weight excluding hydrogens is 444 g/mol. The molecule has 186 valence electrons. The Kier molecular flexibility index (Phi) is 7.73. The number of carboxylic acid groups (broad SMARTS) is 1. The van der Waals surface area contributed by atoms with Crippen molar-refractivity contribution in [2.45, 2.75) is 63.8 Å². The number of alkyl carbamates (subject to hydrolysis) is 1. The van der Waals surface area contributed by atoms with E-state index in [-0.39, 0.29) is 25.0 Å². The van der Waals surface area contributed by atoms with E-state index in [1.54, 1.807) is 0 Å². The van der Waals surface area contributed by atoms with Crippen LogP contribution >= 0.6 is 0 Å². The summed E-state index contributed by atoms with van der Waals surface area (Å²) < 4.78 is 5.60. The molecule has 0 unspecified atom stereocenters. The molecule has 2 aliphatic rings. The summed E-state index contributed by atoms with van der Waals surface area (Å²) in [6, 6.07) is 15.5. The monoisotopic (exact) mass is 478 g/mol. The van der Waals surface area contributed by atoms with Gasteiger partial charge < -0.3 is 20.5 Å². The van der Waals surface area contributed by atoms with Crippen LogP contribution in [0, 0.1) is 5.41 Å². The molecule has 2 amide bonds. The van der Waals surface area contributed by atoms with Crippen molar-refractivity contribution in [2.75, 3.05) is 13.2 Å². The van der Waals surface area contributed by atoms with Crippen LogP contribution in [0.1, 0.15) is 68.9 Å². The number of hydrogen-bond donors (Lipinski definition) is 3. The topological polar surface area (TPSA) is 105 Å². The number of amides is 2. The van der Waals surface area contributed by atoms with E-state index in [9.17, 15) is 19.5 Å². The van der Waals surface area contributed by atoms with Gasteiger partial charge in [-0.3, -0.25) is 9.59 Å². The molecule has 3 N–H and O–H groups in total. The highest BCUT2D eigenvalue weighted by molar-refractivity contribution is 5.86. The van der Waals surface area contributed by atoms with Gasteiger partial charge in [0.05, 0.1) is 5.41 Å². The van der Waals surface area contributed by atoms with Crippen LogP contribution in [0.4, 0.5) is 4.79 Å². The summed E-state index contributed by atoms with van der Waals surface area (Å²) in [5.74, 6) is -1.30. The zero-order valence-corrected chi connectivity index (χ0v) is 20.2. The maximum atomic E-state index is 12.9. The number of rotatable bonds is 9. The quantitative estimate of drug-likeness (QED) is 0.478. The van der Waals surface area contributed by atoms with E-state index >= 15 is 0 Å². The fourth-order valence-electron chi connectivity index (χ4n) is 5.41. The van der Waals surface area contributed by atoms with Gasteiger partial charge >= 0.3 is 12.1 Å². The van der Waals surface area contributed by atoms with Crippen LogP contribution in [0.2, 0.25) is 0 Å². The molecule has 0 aromatic heterocycles. The van der Waals surface area contributed by atoms with E-state index in [0.29, 0.717) is 25.7 Å². The SMILES string of the molecule is CCC[C@H](NC(=O)OCC1c2ccccc2-c2ccccc21)C(=O)NCC1(C(=O)O)CCCCC1. The third-order valence-corrected chi connectivity index (χ3v) is 7.39. The van der Waals surface area contributed by atoms with Gasteiger partial charge in [0.2, 0.25) is 5.91 Å². The molecule has 0 spiro atoms. The van der Waals surface area contributed by atoms with E-state index in [1.165, 1.54) is 0 Å². The normalized spacial score (nSPS) is 17.1. The summed E-state index contributed by atoms with van der Waals surface area (Å²) in [4.78, 5) is 37.5. The van der Waals surface area contributed by atoms with Crippen molar-refractivity contribution < 1.29 is 24.2 Å². The van der Waals surface area contributed by atoms with Gasteiger partial charge in [0, 0.05) is 12.5 Å². The van der Waals surface area contributed by atoms with Crippen LogP contribution in [0.5, 0.6) is 0 Å². The molecule has 4 rings (SSSR count). The van der Waals surface area contributed by atoms with Crippen molar-refractivity contribution in [3.8, 4) is 11.1 Å². The van der Waals surface area contributed by atoms with E-state index in [0.717, 1.165) is 41.5 Å². The lowest BCUT2D eigenvalue weighted by atomic mass is 9.74. The van der Waals surface area contributed by atoms with E-state index in [1.807, 2.05) is 31.2 Å². The Morgan fingerprint density at radius 2 is 1.60 bits per heavy atom. The van der Waals surface area contributed by atoms with Gasteiger partial charge in [-0.25, -0.2) is 4.79 Å². The van der Waals surface area contributed by atoms with E-state index in [4.69, 9.17) is 4.74 Å². The third-order valence-electron chi connectivity index (χ3n) is 7.39. The van der Waals surface area contributed by atoms with Gasteiger partial charge in [-0.1, -0.05) is 81.1 Å². The van der Waals surface area contributed by atoms with Crippen LogP contribution in [0.3, 0.4) is 0 Å². The number of fused-ring (bicyclic) bond motifs is 3. The van der Waals surface area contributed by atoms with Gasteiger partial charge in [0.15, 0.2) is 0 Å². The van der Waals surface area contributed by atoms with Crippen LogP contribution in [-0.4, -0.2) is 42.3 Å². The molecule has 7 heteroatoms. The van der Waals surface area contributed by atoms with Crippen molar-refractivity contribution in [1.29, 1.82) is 0 Å². The molecule has 35 heavy (non-hydrogen) atoms. The molecule has 2 aliphatic carbocycles. The Morgan fingerprint density at radius 3 is 2.17 bits per heavy atom. The third kappa shape index (κ3) is 5.34. The first-order valence-electron chi connectivity index (χ1n) is 12.6. The zero-order chi connectivity index (χ0) is 24.8. The van der Waals surface area contributed by atoms with E-state index < -0.39 is 23.5 Å². The highest BCUT2D eigenvalue weighted by Gasteiger charge is 2.40. The summed E-state index contributed by atoms with van der Waals surface area (Å²) >= 11 is 0. The number of aliphatic carboxylic acids is 1. The molecule has 0 radical (unpaired) electrons. The maximum absolute atomic E-state index is 12.9. The summed E-state index contributed by atoms with van der Waals surface area (Å²) in [6.45, 7) is 2.18. The predicted octanol–water partition coefficient (Wildman–Crippen LogP) is 4.85. The molecule has 0 bridgehead atoms. The molecule has 1 atom stereocenters. The first-order valence-corrected chi connectivity index (χ1v) is 12.6. The van der Waals surface area contributed by atoms with E-state index in [2.05, 4.69) is 34.9 Å². The fourth-order valence-corrected chi connectivity index (χ4v) is 5.41. The number of ether oxygens (including phenoxy) is 1. The molecule has 1 saturated carbocycles. The average molecular weight is 479 g/mol. The van der Waals surface area contributed by atoms with Crippen molar-refractivity contribution in [3.63, 3.8) is 0 Å². The molecule has 1 fully saturated rings. The predicted molar refractivity (Wildman–Crippen MR) is 133 cm³/mol. The molecule has 0 saturated heterocycles. The molecule has 0 aliphatic heterocycles.